The lowest BCUT2D eigenvalue weighted by Gasteiger charge is -2.27. The summed E-state index contributed by atoms with van der Waals surface area (Å²) in [5.74, 6) is 0.946. The molecule has 128 valence electrons. The SMILES string of the molecule is CCC(=O)c1ccc(OCCOCC[NH+]2CC[NH+](C)CC2)cc1. The second kappa shape index (κ2) is 9.65. The first-order chi connectivity index (χ1) is 11.2. The fraction of sp³-hybridized carbons (Fsp3) is 0.611. The zero-order valence-electron chi connectivity index (χ0n) is 14.4. The maximum Gasteiger partial charge on any atom is 0.162 e. The summed E-state index contributed by atoms with van der Waals surface area (Å²) >= 11 is 0. The van der Waals surface area contributed by atoms with Gasteiger partial charge < -0.3 is 19.3 Å². The number of hydrogen-bond acceptors (Lipinski definition) is 3. The van der Waals surface area contributed by atoms with Gasteiger partial charge in [-0.2, -0.15) is 0 Å². The van der Waals surface area contributed by atoms with E-state index in [0.717, 1.165) is 24.5 Å². The summed E-state index contributed by atoms with van der Waals surface area (Å²) in [5.41, 5.74) is 0.744. The molecule has 0 spiro atoms. The quantitative estimate of drug-likeness (QED) is 0.457. The first-order valence-corrected chi connectivity index (χ1v) is 8.67. The molecule has 1 aromatic rings. The average molecular weight is 322 g/mol. The summed E-state index contributed by atoms with van der Waals surface area (Å²) in [6.07, 6.45) is 0.532. The fourth-order valence-corrected chi connectivity index (χ4v) is 2.76. The van der Waals surface area contributed by atoms with Crippen molar-refractivity contribution in [3.8, 4) is 5.75 Å². The number of piperazine rings is 1. The molecule has 0 aromatic heterocycles. The van der Waals surface area contributed by atoms with E-state index in [2.05, 4.69) is 7.05 Å². The van der Waals surface area contributed by atoms with Gasteiger partial charge in [0.15, 0.2) is 5.78 Å². The molecule has 23 heavy (non-hydrogen) atoms. The van der Waals surface area contributed by atoms with Gasteiger partial charge in [0.05, 0.1) is 20.3 Å². The van der Waals surface area contributed by atoms with Crippen LogP contribution in [0, 0.1) is 0 Å². The van der Waals surface area contributed by atoms with Crippen molar-refractivity contribution in [2.45, 2.75) is 13.3 Å². The minimum Gasteiger partial charge on any atom is -0.491 e. The fourth-order valence-electron chi connectivity index (χ4n) is 2.76. The molecule has 0 unspecified atom stereocenters. The summed E-state index contributed by atoms with van der Waals surface area (Å²) in [6.45, 7) is 9.91. The minimum absolute atomic E-state index is 0.160. The number of quaternary nitrogens is 2. The summed E-state index contributed by atoms with van der Waals surface area (Å²) in [5, 5.41) is 0. The van der Waals surface area contributed by atoms with Gasteiger partial charge in [0.1, 0.15) is 45.1 Å². The van der Waals surface area contributed by atoms with E-state index in [4.69, 9.17) is 9.47 Å². The highest BCUT2D eigenvalue weighted by Gasteiger charge is 2.18. The number of nitrogens with one attached hydrogen (secondary N) is 2. The van der Waals surface area contributed by atoms with Crippen LogP contribution < -0.4 is 14.5 Å². The highest BCUT2D eigenvalue weighted by atomic mass is 16.5. The zero-order chi connectivity index (χ0) is 16.5. The molecule has 0 aliphatic carbocycles. The molecule has 5 nitrogen and oxygen atoms in total. The van der Waals surface area contributed by atoms with E-state index in [0.29, 0.717) is 19.6 Å². The molecule has 1 fully saturated rings. The third kappa shape index (κ3) is 6.29. The van der Waals surface area contributed by atoms with E-state index in [1.165, 1.54) is 26.2 Å². The molecule has 1 aliphatic rings. The van der Waals surface area contributed by atoms with Crippen LogP contribution in [-0.4, -0.2) is 65.4 Å². The van der Waals surface area contributed by atoms with Crippen LogP contribution in [0.1, 0.15) is 23.7 Å². The number of carbonyl (C=O) groups excluding carboxylic acids is 1. The molecule has 0 atom stereocenters. The van der Waals surface area contributed by atoms with Crippen molar-refractivity contribution in [3.05, 3.63) is 29.8 Å². The zero-order valence-corrected chi connectivity index (χ0v) is 14.4. The smallest absolute Gasteiger partial charge is 0.162 e. The molecule has 2 rings (SSSR count). The third-order valence-electron chi connectivity index (χ3n) is 4.40. The van der Waals surface area contributed by atoms with Crippen molar-refractivity contribution in [1.29, 1.82) is 0 Å². The van der Waals surface area contributed by atoms with Gasteiger partial charge in [0, 0.05) is 12.0 Å². The lowest BCUT2D eigenvalue weighted by atomic mass is 10.1. The summed E-state index contributed by atoms with van der Waals surface area (Å²) in [6, 6.07) is 7.33. The molecular formula is C18H30N2O3+2. The number of ketones is 1. The summed E-state index contributed by atoms with van der Waals surface area (Å²) in [7, 11) is 2.26. The van der Waals surface area contributed by atoms with E-state index >= 15 is 0 Å². The largest absolute Gasteiger partial charge is 0.491 e. The molecule has 5 heteroatoms. The maximum absolute atomic E-state index is 11.5. The van der Waals surface area contributed by atoms with Crippen LogP contribution in [0.2, 0.25) is 0 Å². The topological polar surface area (TPSA) is 44.4 Å². The molecule has 0 amide bonds. The van der Waals surface area contributed by atoms with Crippen molar-refractivity contribution >= 4 is 5.78 Å². The normalized spacial score (nSPS) is 21.1. The lowest BCUT2D eigenvalue weighted by molar-refractivity contribution is -1.00. The van der Waals surface area contributed by atoms with Gasteiger partial charge in [-0.25, -0.2) is 0 Å². The Bertz CT molecular complexity index is 468. The van der Waals surface area contributed by atoms with Crippen LogP contribution in [0.5, 0.6) is 5.75 Å². The summed E-state index contributed by atoms with van der Waals surface area (Å²) < 4.78 is 11.3. The highest BCUT2D eigenvalue weighted by Crippen LogP contribution is 2.13. The van der Waals surface area contributed by atoms with Gasteiger partial charge in [-0.05, 0) is 24.3 Å². The predicted octanol–water partition coefficient (Wildman–Crippen LogP) is -0.912. The predicted molar refractivity (Wildman–Crippen MR) is 89.6 cm³/mol. The number of ether oxygens (including phenoxy) is 2. The van der Waals surface area contributed by atoms with Crippen molar-refractivity contribution < 1.29 is 24.1 Å². The first kappa shape index (κ1) is 17.9. The van der Waals surface area contributed by atoms with Crippen molar-refractivity contribution in [3.63, 3.8) is 0 Å². The lowest BCUT2D eigenvalue weighted by Crippen LogP contribution is -3.27. The Morgan fingerprint density at radius 2 is 1.74 bits per heavy atom. The van der Waals surface area contributed by atoms with Crippen LogP contribution >= 0.6 is 0 Å². The third-order valence-corrected chi connectivity index (χ3v) is 4.40. The molecule has 0 saturated carbocycles. The van der Waals surface area contributed by atoms with Gasteiger partial charge >= 0.3 is 0 Å². The first-order valence-electron chi connectivity index (χ1n) is 8.67. The molecule has 1 aliphatic heterocycles. The Hall–Kier alpha value is -1.43. The molecular weight excluding hydrogens is 292 g/mol. The van der Waals surface area contributed by atoms with E-state index in [-0.39, 0.29) is 5.78 Å². The molecule has 1 aromatic carbocycles. The average Bonchev–Trinajstić information content (AvgIpc) is 2.59. The molecule has 2 N–H and O–H groups in total. The van der Waals surface area contributed by atoms with E-state index in [1.54, 1.807) is 9.80 Å². The highest BCUT2D eigenvalue weighted by molar-refractivity contribution is 5.95. The van der Waals surface area contributed by atoms with Crippen LogP contribution in [-0.2, 0) is 4.74 Å². The molecule has 0 radical (unpaired) electrons. The van der Waals surface area contributed by atoms with E-state index < -0.39 is 0 Å². The Kier molecular flexibility index (Phi) is 7.52. The number of hydrogen-bond donors (Lipinski definition) is 2. The Morgan fingerprint density at radius 1 is 1.04 bits per heavy atom. The number of Topliss-reactive ketones (excluding diaryl/α,β-unsaturated/α-hetero) is 1. The summed E-state index contributed by atoms with van der Waals surface area (Å²) in [4.78, 5) is 14.8. The van der Waals surface area contributed by atoms with Gasteiger partial charge in [-0.3, -0.25) is 4.79 Å². The van der Waals surface area contributed by atoms with Crippen LogP contribution in [0.4, 0.5) is 0 Å². The van der Waals surface area contributed by atoms with E-state index in [1.807, 2.05) is 31.2 Å². The van der Waals surface area contributed by atoms with Crippen molar-refractivity contribution in [2.24, 2.45) is 0 Å². The van der Waals surface area contributed by atoms with Crippen molar-refractivity contribution in [1.82, 2.24) is 0 Å². The maximum atomic E-state index is 11.5. The molecule has 1 saturated heterocycles. The van der Waals surface area contributed by atoms with Gasteiger partial charge in [0.2, 0.25) is 0 Å². The van der Waals surface area contributed by atoms with Crippen LogP contribution in [0.3, 0.4) is 0 Å². The second-order valence-corrected chi connectivity index (χ2v) is 6.22. The van der Waals surface area contributed by atoms with Crippen LogP contribution in [0.15, 0.2) is 24.3 Å². The second-order valence-electron chi connectivity index (χ2n) is 6.22. The van der Waals surface area contributed by atoms with Gasteiger partial charge in [0.25, 0.3) is 0 Å². The Labute approximate surface area is 139 Å². The van der Waals surface area contributed by atoms with Crippen LogP contribution in [0.25, 0.3) is 0 Å². The number of benzene rings is 1. The Morgan fingerprint density at radius 3 is 2.39 bits per heavy atom. The Balaban J connectivity index is 1.54. The number of rotatable bonds is 9. The molecule has 1 heterocycles. The van der Waals surface area contributed by atoms with Gasteiger partial charge in [-0.1, -0.05) is 6.92 Å². The molecule has 0 bridgehead atoms. The van der Waals surface area contributed by atoms with Crippen molar-refractivity contribution in [2.75, 3.05) is 59.6 Å². The monoisotopic (exact) mass is 322 g/mol. The number of carbonyl (C=O) groups is 1. The van der Waals surface area contributed by atoms with Gasteiger partial charge in [-0.15, -0.1) is 0 Å². The van der Waals surface area contributed by atoms with E-state index in [9.17, 15) is 4.79 Å². The number of likely N-dealkylation sites (N-methyl/N-ethyl adjacent to an activating group) is 1. The minimum atomic E-state index is 0.160. The standard InChI is InChI=1S/C18H28N2O3/c1-3-18(21)16-4-6-17(7-5-16)23-15-14-22-13-12-20-10-8-19(2)9-11-20/h4-7H,3,8-15H2,1-2H3/p+2.